The number of carbonyl (C=O) groups is 2. The summed E-state index contributed by atoms with van der Waals surface area (Å²) in [4.78, 5) is 22.8. The SMILES string of the molecule is CCOC(=O)C(=O)NCCc1cc(OC)c(OC)c(C)c1OC. The van der Waals surface area contributed by atoms with Gasteiger partial charge in [0.15, 0.2) is 11.5 Å². The molecule has 1 aromatic rings. The first-order valence-electron chi connectivity index (χ1n) is 7.23. The molecule has 0 atom stereocenters. The van der Waals surface area contributed by atoms with Gasteiger partial charge in [0.05, 0.1) is 27.9 Å². The summed E-state index contributed by atoms with van der Waals surface area (Å²) in [6.45, 7) is 3.93. The number of hydrogen-bond donors (Lipinski definition) is 1. The summed E-state index contributed by atoms with van der Waals surface area (Å²) in [5.74, 6) is 0.195. The molecule has 0 aromatic heterocycles. The molecule has 1 aromatic carbocycles. The van der Waals surface area contributed by atoms with Crippen LogP contribution in [0.2, 0.25) is 0 Å². The van der Waals surface area contributed by atoms with E-state index in [1.54, 1.807) is 34.3 Å². The lowest BCUT2D eigenvalue weighted by atomic mass is 10.0. The lowest BCUT2D eigenvalue weighted by Crippen LogP contribution is -2.33. The molecule has 1 rings (SSSR count). The summed E-state index contributed by atoms with van der Waals surface area (Å²) in [5, 5.41) is 2.51. The van der Waals surface area contributed by atoms with Crippen molar-refractivity contribution in [1.82, 2.24) is 5.32 Å². The molecule has 1 N–H and O–H groups in total. The molecule has 0 heterocycles. The molecule has 0 aliphatic heterocycles. The van der Waals surface area contributed by atoms with Gasteiger partial charge in [0, 0.05) is 17.7 Å². The van der Waals surface area contributed by atoms with Crippen LogP contribution in [0.5, 0.6) is 17.2 Å². The third-order valence-electron chi connectivity index (χ3n) is 3.27. The Labute approximate surface area is 135 Å². The average Bonchev–Trinajstić information content (AvgIpc) is 2.54. The molecule has 0 aliphatic carbocycles. The molecule has 0 radical (unpaired) electrons. The van der Waals surface area contributed by atoms with E-state index in [4.69, 9.17) is 14.2 Å². The Hall–Kier alpha value is -2.44. The van der Waals surface area contributed by atoms with Crippen molar-refractivity contribution in [1.29, 1.82) is 0 Å². The van der Waals surface area contributed by atoms with E-state index in [9.17, 15) is 9.59 Å². The Morgan fingerprint density at radius 2 is 1.74 bits per heavy atom. The quantitative estimate of drug-likeness (QED) is 0.600. The molecule has 128 valence electrons. The van der Waals surface area contributed by atoms with E-state index < -0.39 is 11.9 Å². The van der Waals surface area contributed by atoms with Crippen molar-refractivity contribution in [2.45, 2.75) is 20.3 Å². The number of nitrogens with one attached hydrogen (secondary N) is 1. The number of amides is 1. The number of rotatable bonds is 7. The van der Waals surface area contributed by atoms with Crippen molar-refractivity contribution in [2.24, 2.45) is 0 Å². The lowest BCUT2D eigenvalue weighted by Gasteiger charge is -2.17. The second kappa shape index (κ2) is 8.87. The minimum Gasteiger partial charge on any atom is -0.496 e. The Balaban J connectivity index is 2.86. The van der Waals surface area contributed by atoms with Gasteiger partial charge in [-0.05, 0) is 26.3 Å². The van der Waals surface area contributed by atoms with Crippen molar-refractivity contribution in [3.8, 4) is 17.2 Å². The van der Waals surface area contributed by atoms with Crippen molar-refractivity contribution in [2.75, 3.05) is 34.5 Å². The third-order valence-corrected chi connectivity index (χ3v) is 3.27. The number of ether oxygens (including phenoxy) is 4. The maximum Gasteiger partial charge on any atom is 0.396 e. The molecule has 0 spiro atoms. The minimum absolute atomic E-state index is 0.162. The molecule has 0 saturated carbocycles. The average molecular weight is 325 g/mol. The summed E-state index contributed by atoms with van der Waals surface area (Å²) in [6.07, 6.45) is 0.468. The molecule has 0 aliphatic rings. The highest BCUT2D eigenvalue weighted by Gasteiger charge is 2.18. The van der Waals surface area contributed by atoms with Crippen LogP contribution in [0.25, 0.3) is 0 Å². The standard InChI is InChI=1S/C16H23NO6/c1-6-23-16(19)15(18)17-8-7-11-9-12(20-3)14(22-5)10(2)13(11)21-4/h9H,6-8H2,1-5H3,(H,17,18). The van der Waals surface area contributed by atoms with E-state index in [0.717, 1.165) is 11.1 Å². The van der Waals surface area contributed by atoms with Gasteiger partial charge in [-0.2, -0.15) is 0 Å². The minimum atomic E-state index is -0.886. The van der Waals surface area contributed by atoms with Gasteiger partial charge in [0.2, 0.25) is 0 Å². The summed E-state index contributed by atoms with van der Waals surface area (Å²) in [7, 11) is 4.68. The van der Waals surface area contributed by atoms with Crippen LogP contribution >= 0.6 is 0 Å². The van der Waals surface area contributed by atoms with E-state index in [-0.39, 0.29) is 13.2 Å². The lowest BCUT2D eigenvalue weighted by molar-refractivity contribution is -0.154. The van der Waals surface area contributed by atoms with Gasteiger partial charge < -0.3 is 24.3 Å². The third kappa shape index (κ3) is 4.51. The number of methoxy groups -OCH3 is 3. The van der Waals surface area contributed by atoms with Crippen molar-refractivity contribution >= 4 is 11.9 Å². The zero-order chi connectivity index (χ0) is 17.4. The van der Waals surface area contributed by atoms with Gasteiger partial charge in [-0.25, -0.2) is 4.79 Å². The van der Waals surface area contributed by atoms with Crippen molar-refractivity contribution in [3.05, 3.63) is 17.2 Å². The van der Waals surface area contributed by atoms with Crippen molar-refractivity contribution < 1.29 is 28.5 Å². The first kappa shape index (κ1) is 18.6. The fourth-order valence-electron chi connectivity index (χ4n) is 2.27. The van der Waals surface area contributed by atoms with Gasteiger partial charge in [-0.1, -0.05) is 0 Å². The van der Waals surface area contributed by atoms with E-state index in [2.05, 4.69) is 10.1 Å². The highest BCUT2D eigenvalue weighted by molar-refractivity contribution is 6.32. The van der Waals surface area contributed by atoms with Crippen LogP contribution < -0.4 is 19.5 Å². The number of carbonyl (C=O) groups excluding carboxylic acids is 2. The molecule has 1 amide bonds. The zero-order valence-corrected chi connectivity index (χ0v) is 14.1. The second-order valence-electron chi connectivity index (χ2n) is 4.66. The molecule has 0 fully saturated rings. The van der Waals surface area contributed by atoms with E-state index >= 15 is 0 Å². The smallest absolute Gasteiger partial charge is 0.396 e. The Bertz CT molecular complexity index is 570. The summed E-state index contributed by atoms with van der Waals surface area (Å²) >= 11 is 0. The molecule has 0 saturated heterocycles. The molecule has 7 nitrogen and oxygen atoms in total. The molecular formula is C16H23NO6. The van der Waals surface area contributed by atoms with Crippen LogP contribution in [0.1, 0.15) is 18.1 Å². The van der Waals surface area contributed by atoms with E-state index in [1.165, 1.54) is 0 Å². The molecule has 0 unspecified atom stereocenters. The summed E-state index contributed by atoms with van der Waals surface area (Å²) in [5.41, 5.74) is 1.65. The molecule has 7 heteroatoms. The molecule has 23 heavy (non-hydrogen) atoms. The second-order valence-corrected chi connectivity index (χ2v) is 4.66. The fraction of sp³-hybridized carbons (Fsp3) is 0.500. The zero-order valence-electron chi connectivity index (χ0n) is 14.1. The maximum absolute atomic E-state index is 11.5. The van der Waals surface area contributed by atoms with E-state index in [0.29, 0.717) is 23.7 Å². The van der Waals surface area contributed by atoms with Gasteiger partial charge in [-0.15, -0.1) is 0 Å². The summed E-state index contributed by atoms with van der Waals surface area (Å²) < 4.78 is 20.7. The molecular weight excluding hydrogens is 302 g/mol. The number of esters is 1. The van der Waals surface area contributed by atoms with Crippen LogP contribution in [0.4, 0.5) is 0 Å². The normalized spacial score (nSPS) is 9.96. The molecule has 0 bridgehead atoms. The topological polar surface area (TPSA) is 83.1 Å². The van der Waals surface area contributed by atoms with Gasteiger partial charge in [0.25, 0.3) is 0 Å². The first-order valence-corrected chi connectivity index (χ1v) is 7.23. The predicted molar refractivity (Wildman–Crippen MR) is 84.2 cm³/mol. The predicted octanol–water partition coefficient (Wildman–Crippen LogP) is 1.24. The highest BCUT2D eigenvalue weighted by atomic mass is 16.5. The Morgan fingerprint density at radius 3 is 2.26 bits per heavy atom. The summed E-state index contributed by atoms with van der Waals surface area (Å²) in [6, 6.07) is 1.79. The van der Waals surface area contributed by atoms with E-state index in [1.807, 2.05) is 6.92 Å². The Morgan fingerprint density at radius 1 is 1.09 bits per heavy atom. The van der Waals surface area contributed by atoms with Gasteiger partial charge in [0.1, 0.15) is 5.75 Å². The van der Waals surface area contributed by atoms with Crippen molar-refractivity contribution in [3.63, 3.8) is 0 Å². The largest absolute Gasteiger partial charge is 0.496 e. The van der Waals surface area contributed by atoms with Crippen LogP contribution in [0.15, 0.2) is 6.07 Å². The first-order chi connectivity index (χ1) is 11.0. The fourth-order valence-corrected chi connectivity index (χ4v) is 2.27. The van der Waals surface area contributed by atoms with Gasteiger partial charge in [-0.3, -0.25) is 4.79 Å². The highest BCUT2D eigenvalue weighted by Crippen LogP contribution is 2.39. The number of hydrogen-bond acceptors (Lipinski definition) is 6. The van der Waals surface area contributed by atoms with Crippen LogP contribution in [-0.2, 0) is 20.7 Å². The maximum atomic E-state index is 11.5. The number of benzene rings is 1. The van der Waals surface area contributed by atoms with Crippen LogP contribution in [0.3, 0.4) is 0 Å². The Kier molecular flexibility index (Phi) is 7.18. The van der Waals surface area contributed by atoms with Crippen LogP contribution in [0, 0.1) is 6.92 Å². The van der Waals surface area contributed by atoms with Gasteiger partial charge >= 0.3 is 11.9 Å². The monoisotopic (exact) mass is 325 g/mol. The van der Waals surface area contributed by atoms with Crippen LogP contribution in [-0.4, -0.2) is 46.4 Å².